The average molecular weight is 456 g/mol. The summed E-state index contributed by atoms with van der Waals surface area (Å²) in [4.78, 5) is 24.8. The lowest BCUT2D eigenvalue weighted by molar-refractivity contribution is -0.126. The molecule has 0 saturated carbocycles. The van der Waals surface area contributed by atoms with Gasteiger partial charge in [0.25, 0.3) is 0 Å². The molecule has 0 bridgehead atoms. The van der Waals surface area contributed by atoms with Crippen LogP contribution in [-0.4, -0.2) is 70.4 Å². The van der Waals surface area contributed by atoms with Gasteiger partial charge in [-0.3, -0.25) is 4.79 Å². The summed E-state index contributed by atoms with van der Waals surface area (Å²) in [6.07, 6.45) is 1.73. The highest BCUT2D eigenvalue weighted by molar-refractivity contribution is 7.89. The standard InChI is InChI=1S/C19H23ClFN5O3S/c1-11-9-26(30(28,29)13-7-16(27)25(2)10-13)6-5-14(11)17-18(20)24-19(23-17)15-4-3-12(21)8-22-15/h3-4,8,11,13-14H,5-7,9-10H2,1-2H3,(H,23,24)/t11-,13?,14+/m0/s1. The number of rotatable bonds is 4. The third kappa shape index (κ3) is 3.83. The molecule has 8 nitrogen and oxygen atoms in total. The van der Waals surface area contributed by atoms with Gasteiger partial charge >= 0.3 is 0 Å². The fraction of sp³-hybridized carbons (Fsp3) is 0.526. The van der Waals surface area contributed by atoms with Crippen molar-refractivity contribution in [2.75, 3.05) is 26.7 Å². The summed E-state index contributed by atoms with van der Waals surface area (Å²) >= 11 is 6.37. The topological polar surface area (TPSA) is 99.3 Å². The van der Waals surface area contributed by atoms with Crippen molar-refractivity contribution < 1.29 is 17.6 Å². The lowest BCUT2D eigenvalue weighted by atomic mass is 9.86. The van der Waals surface area contributed by atoms with Crippen molar-refractivity contribution in [2.45, 2.75) is 30.9 Å². The predicted molar refractivity (Wildman–Crippen MR) is 110 cm³/mol. The molecule has 30 heavy (non-hydrogen) atoms. The van der Waals surface area contributed by atoms with Crippen molar-refractivity contribution >= 4 is 27.5 Å². The van der Waals surface area contributed by atoms with Gasteiger partial charge in [0.05, 0.1) is 11.9 Å². The number of aromatic nitrogens is 3. The summed E-state index contributed by atoms with van der Waals surface area (Å²) in [7, 11) is -1.93. The van der Waals surface area contributed by atoms with Gasteiger partial charge in [0, 0.05) is 39.0 Å². The van der Waals surface area contributed by atoms with Crippen LogP contribution in [0.5, 0.6) is 0 Å². The normalized spacial score (nSPS) is 25.8. The van der Waals surface area contributed by atoms with Crippen molar-refractivity contribution in [3.8, 4) is 11.5 Å². The van der Waals surface area contributed by atoms with Gasteiger partial charge in [-0.25, -0.2) is 27.1 Å². The van der Waals surface area contributed by atoms with Gasteiger partial charge < -0.3 is 9.88 Å². The number of pyridine rings is 1. The highest BCUT2D eigenvalue weighted by Crippen LogP contribution is 2.38. The van der Waals surface area contributed by atoms with E-state index in [1.54, 1.807) is 7.05 Å². The molecule has 4 rings (SSSR count). The molecule has 1 amide bonds. The maximum absolute atomic E-state index is 13.1. The number of aromatic amines is 1. The first kappa shape index (κ1) is 21.2. The Labute approximate surface area is 179 Å². The number of likely N-dealkylation sites (tertiary alicyclic amines) is 1. The third-order valence-electron chi connectivity index (χ3n) is 5.98. The quantitative estimate of drug-likeness (QED) is 0.762. The van der Waals surface area contributed by atoms with Crippen LogP contribution in [0.15, 0.2) is 18.3 Å². The number of carbonyl (C=O) groups is 1. The summed E-state index contributed by atoms with van der Waals surface area (Å²) in [5.74, 6) is -0.134. The van der Waals surface area contributed by atoms with Gasteiger partial charge in [-0.05, 0) is 24.5 Å². The van der Waals surface area contributed by atoms with Crippen molar-refractivity contribution in [2.24, 2.45) is 5.92 Å². The third-order valence-corrected chi connectivity index (χ3v) is 8.48. The van der Waals surface area contributed by atoms with E-state index in [0.29, 0.717) is 36.2 Å². The lowest BCUT2D eigenvalue weighted by Crippen LogP contribution is -2.46. The largest absolute Gasteiger partial charge is 0.344 e. The number of nitrogens with zero attached hydrogens (tertiary/aromatic N) is 4. The first-order valence-corrected chi connectivity index (χ1v) is 11.6. The van der Waals surface area contributed by atoms with Crippen molar-refractivity contribution in [3.63, 3.8) is 0 Å². The second-order valence-corrected chi connectivity index (χ2v) is 10.6. The van der Waals surface area contributed by atoms with Gasteiger partial charge in [0.15, 0.2) is 11.0 Å². The van der Waals surface area contributed by atoms with E-state index in [4.69, 9.17) is 11.6 Å². The molecular formula is C19H23ClFN5O3S. The van der Waals surface area contributed by atoms with Gasteiger partial charge in [-0.1, -0.05) is 18.5 Å². The van der Waals surface area contributed by atoms with Gasteiger partial charge in [0.2, 0.25) is 15.9 Å². The Kier molecular flexibility index (Phi) is 5.58. The van der Waals surface area contributed by atoms with Crippen LogP contribution in [0.25, 0.3) is 11.5 Å². The van der Waals surface area contributed by atoms with E-state index in [9.17, 15) is 17.6 Å². The Bertz CT molecular complexity index is 1060. The Hall–Kier alpha value is -2.04. The number of imidazole rings is 1. The molecule has 0 spiro atoms. The maximum atomic E-state index is 13.1. The van der Waals surface area contributed by atoms with Crippen molar-refractivity contribution in [1.29, 1.82) is 0 Å². The highest BCUT2D eigenvalue weighted by Gasteiger charge is 2.43. The molecule has 162 valence electrons. The van der Waals surface area contributed by atoms with E-state index in [0.717, 1.165) is 11.9 Å². The Morgan fingerprint density at radius 3 is 2.67 bits per heavy atom. The number of sulfonamides is 1. The van der Waals surface area contributed by atoms with E-state index in [1.807, 2.05) is 6.92 Å². The van der Waals surface area contributed by atoms with Crippen LogP contribution in [0, 0.1) is 11.7 Å². The number of piperidine rings is 1. The summed E-state index contributed by atoms with van der Waals surface area (Å²) in [6, 6.07) is 2.82. The predicted octanol–water partition coefficient (Wildman–Crippen LogP) is 2.25. The van der Waals surface area contributed by atoms with Crippen LogP contribution < -0.4 is 0 Å². The smallest absolute Gasteiger partial charge is 0.223 e. The van der Waals surface area contributed by atoms with Crippen LogP contribution in [0.1, 0.15) is 31.4 Å². The number of H-pyrrole nitrogens is 1. The average Bonchev–Trinajstić information content (AvgIpc) is 3.25. The zero-order valence-corrected chi connectivity index (χ0v) is 18.2. The molecule has 2 aromatic heterocycles. The van der Waals surface area contributed by atoms with E-state index >= 15 is 0 Å². The van der Waals surface area contributed by atoms with Gasteiger partial charge in [0.1, 0.15) is 16.8 Å². The second-order valence-electron chi connectivity index (χ2n) is 8.03. The van der Waals surface area contributed by atoms with Crippen molar-refractivity contribution in [1.82, 2.24) is 24.2 Å². The Balaban J connectivity index is 1.50. The minimum Gasteiger partial charge on any atom is -0.344 e. The van der Waals surface area contributed by atoms with Crippen LogP contribution in [0.4, 0.5) is 4.39 Å². The van der Waals surface area contributed by atoms with Crippen LogP contribution in [-0.2, 0) is 14.8 Å². The fourth-order valence-electron chi connectivity index (χ4n) is 4.25. The zero-order chi connectivity index (χ0) is 21.6. The number of amides is 1. The molecule has 0 radical (unpaired) electrons. The first-order chi connectivity index (χ1) is 14.2. The summed E-state index contributed by atoms with van der Waals surface area (Å²) < 4.78 is 40.6. The molecule has 0 aliphatic carbocycles. The molecule has 4 heterocycles. The maximum Gasteiger partial charge on any atom is 0.223 e. The van der Waals surface area contributed by atoms with Gasteiger partial charge in [-0.2, -0.15) is 0 Å². The van der Waals surface area contributed by atoms with Gasteiger partial charge in [-0.15, -0.1) is 0 Å². The van der Waals surface area contributed by atoms with E-state index in [-0.39, 0.29) is 30.7 Å². The van der Waals surface area contributed by atoms with Crippen LogP contribution in [0.2, 0.25) is 5.15 Å². The molecule has 2 saturated heterocycles. The lowest BCUT2D eigenvalue weighted by Gasteiger charge is -2.36. The fourth-order valence-corrected chi connectivity index (χ4v) is 6.51. The number of hydrogen-bond acceptors (Lipinski definition) is 5. The minimum absolute atomic E-state index is 0.00136. The van der Waals surface area contributed by atoms with E-state index in [2.05, 4.69) is 15.0 Å². The second kappa shape index (κ2) is 7.90. The summed E-state index contributed by atoms with van der Waals surface area (Å²) in [5.41, 5.74) is 1.21. The monoisotopic (exact) mass is 455 g/mol. The molecule has 11 heteroatoms. The molecule has 2 aliphatic rings. The molecule has 3 atom stereocenters. The van der Waals surface area contributed by atoms with E-state index in [1.165, 1.54) is 21.3 Å². The number of hydrogen-bond donors (Lipinski definition) is 1. The van der Waals surface area contributed by atoms with Crippen LogP contribution in [0.3, 0.4) is 0 Å². The zero-order valence-electron chi connectivity index (χ0n) is 16.7. The Morgan fingerprint density at radius 1 is 1.30 bits per heavy atom. The minimum atomic E-state index is -3.55. The summed E-state index contributed by atoms with van der Waals surface area (Å²) in [5, 5.41) is -0.377. The molecule has 2 aromatic rings. The molecule has 2 aliphatic heterocycles. The number of carbonyl (C=O) groups excluding carboxylic acids is 1. The van der Waals surface area contributed by atoms with E-state index < -0.39 is 21.1 Å². The highest BCUT2D eigenvalue weighted by atomic mass is 35.5. The SMILES string of the molecule is C[C@H]1CN(S(=O)(=O)C2CC(=O)N(C)C2)CC[C@H]1c1[nH]c(-c2ccc(F)cn2)nc1Cl. The molecule has 1 N–H and O–H groups in total. The van der Waals surface area contributed by atoms with Crippen molar-refractivity contribution in [3.05, 3.63) is 35.0 Å². The summed E-state index contributed by atoms with van der Waals surface area (Å²) in [6.45, 7) is 2.91. The molecule has 2 fully saturated rings. The number of nitrogens with one attached hydrogen (secondary N) is 1. The first-order valence-electron chi connectivity index (χ1n) is 9.77. The molecule has 0 aromatic carbocycles. The Morgan fingerprint density at radius 2 is 2.07 bits per heavy atom. The molecule has 1 unspecified atom stereocenters. The molecular weight excluding hydrogens is 433 g/mol. The van der Waals surface area contributed by atoms with Crippen LogP contribution >= 0.6 is 11.6 Å². The number of halogens is 2.